The SMILES string of the molecule is C=C(N[C@@H](C)c1ccc(-c2ocnc2C)cc1)[C@@H]1C[C@@H](O)CN1C(=O)[C@@H](NC(=O)COc1ccc(OC2CC(NC(=O)C[C@@H]3N=C(c4ccc(Cl)cc4)c4c(sc(C)c4C)-n4c(C)nnc43)C2)nc1)C(C)(C)C. The zero-order chi connectivity index (χ0) is 51.9. The average Bonchev–Trinajstić information content (AvgIpc) is 4.11. The van der Waals surface area contributed by atoms with E-state index in [0.29, 0.717) is 47.4 Å². The quantitative estimate of drug-likeness (QED) is 0.0727. The smallest absolute Gasteiger partial charge is 0.258 e. The number of halogens is 1. The first kappa shape index (κ1) is 51.0. The Bertz CT molecular complexity index is 3050. The molecule has 0 radical (unpaired) electrons. The number of amides is 3. The van der Waals surface area contributed by atoms with Gasteiger partial charge in [-0.15, -0.1) is 21.5 Å². The molecule has 6 aromatic rings. The fourth-order valence-electron chi connectivity index (χ4n) is 9.58. The molecule has 0 unspecified atom stereocenters. The lowest BCUT2D eigenvalue weighted by molar-refractivity contribution is -0.140. The number of carbonyl (C=O) groups excluding carboxylic acids is 3. The number of ether oxygens (including phenoxy) is 2. The molecule has 3 aliphatic rings. The molecule has 0 bridgehead atoms. The Morgan fingerprint density at radius 1 is 0.945 bits per heavy atom. The topological polar surface area (TPSA) is 211 Å². The van der Waals surface area contributed by atoms with Crippen molar-refractivity contribution < 1.29 is 33.4 Å². The molecule has 6 heterocycles. The van der Waals surface area contributed by atoms with Crippen molar-refractivity contribution in [2.75, 3.05) is 13.2 Å². The van der Waals surface area contributed by atoms with Gasteiger partial charge in [-0.05, 0) is 69.4 Å². The Labute approximate surface area is 433 Å². The second-order valence-electron chi connectivity index (χ2n) is 20.2. The number of likely N-dealkylation sites (tertiary alicyclic amines) is 1. The maximum Gasteiger partial charge on any atom is 0.258 e. The molecule has 73 heavy (non-hydrogen) atoms. The number of aryl methyl sites for hydroxylation is 3. The van der Waals surface area contributed by atoms with Gasteiger partial charge in [0.15, 0.2) is 24.6 Å². The van der Waals surface area contributed by atoms with Gasteiger partial charge in [0.25, 0.3) is 5.91 Å². The summed E-state index contributed by atoms with van der Waals surface area (Å²) in [5.41, 5.74) is 6.45. The molecule has 17 nitrogen and oxygen atoms in total. The van der Waals surface area contributed by atoms with Crippen LogP contribution in [0.1, 0.15) is 110 Å². The summed E-state index contributed by atoms with van der Waals surface area (Å²) in [6, 6.07) is 16.6. The van der Waals surface area contributed by atoms with Crippen LogP contribution in [0.15, 0.2) is 94.9 Å². The van der Waals surface area contributed by atoms with Gasteiger partial charge in [-0.25, -0.2) is 9.97 Å². The molecule has 9 rings (SSSR count). The number of aromatic nitrogens is 5. The molecule has 19 heteroatoms. The minimum absolute atomic E-state index is 0.0821. The molecular weight excluding hydrogens is 968 g/mol. The Balaban J connectivity index is 0.750. The van der Waals surface area contributed by atoms with Gasteiger partial charge >= 0.3 is 0 Å². The highest BCUT2D eigenvalue weighted by atomic mass is 35.5. The van der Waals surface area contributed by atoms with Crippen LogP contribution in [0.3, 0.4) is 0 Å². The number of thiophene rings is 1. The third-order valence-corrected chi connectivity index (χ3v) is 15.2. The van der Waals surface area contributed by atoms with E-state index < -0.39 is 35.6 Å². The van der Waals surface area contributed by atoms with E-state index in [0.717, 1.165) is 55.8 Å². The van der Waals surface area contributed by atoms with E-state index in [4.69, 9.17) is 30.5 Å². The average molecular weight is 1030 g/mol. The van der Waals surface area contributed by atoms with Crippen molar-refractivity contribution in [1.29, 1.82) is 0 Å². The maximum absolute atomic E-state index is 14.3. The molecule has 5 atom stereocenters. The molecule has 1 saturated heterocycles. The summed E-state index contributed by atoms with van der Waals surface area (Å²) in [4.78, 5) is 57.9. The fraction of sp³-hybridized carbons (Fsp3) is 0.407. The summed E-state index contributed by atoms with van der Waals surface area (Å²) in [6.45, 7) is 19.6. The lowest BCUT2D eigenvalue weighted by atomic mass is 9.85. The van der Waals surface area contributed by atoms with Crippen LogP contribution in [0.25, 0.3) is 16.3 Å². The van der Waals surface area contributed by atoms with E-state index in [1.54, 1.807) is 28.4 Å². The number of benzene rings is 2. The summed E-state index contributed by atoms with van der Waals surface area (Å²) >= 11 is 7.93. The third-order valence-electron chi connectivity index (χ3n) is 13.8. The van der Waals surface area contributed by atoms with Gasteiger partial charge in [0.05, 0.1) is 36.2 Å². The molecule has 2 aromatic carbocycles. The number of aliphatic hydroxyl groups is 1. The van der Waals surface area contributed by atoms with Crippen LogP contribution < -0.4 is 25.4 Å². The largest absolute Gasteiger partial charge is 0.482 e. The summed E-state index contributed by atoms with van der Waals surface area (Å²) in [5, 5.41) is 30.8. The van der Waals surface area contributed by atoms with E-state index in [1.807, 2.05) is 94.6 Å². The number of aliphatic imine (C=N–C) groups is 1. The first-order chi connectivity index (χ1) is 34.8. The van der Waals surface area contributed by atoms with Gasteiger partial charge in [-0.3, -0.25) is 23.9 Å². The van der Waals surface area contributed by atoms with E-state index in [2.05, 4.69) is 56.5 Å². The van der Waals surface area contributed by atoms with Crippen molar-refractivity contribution in [3.8, 4) is 28.0 Å². The molecular formula is C54H61ClN10O7S. The Hall–Kier alpha value is -6.89. The monoisotopic (exact) mass is 1030 g/mol. The normalized spacial score (nSPS) is 20.1. The van der Waals surface area contributed by atoms with Crippen LogP contribution in [-0.2, 0) is 14.4 Å². The predicted octanol–water partition coefficient (Wildman–Crippen LogP) is 8.01. The van der Waals surface area contributed by atoms with Gasteiger partial charge in [-0.1, -0.05) is 75.3 Å². The van der Waals surface area contributed by atoms with E-state index >= 15 is 0 Å². The van der Waals surface area contributed by atoms with Crippen LogP contribution in [-0.4, -0.2) is 102 Å². The first-order valence-electron chi connectivity index (χ1n) is 24.5. The number of fused-ring (bicyclic) bond motifs is 3. The molecule has 382 valence electrons. The number of aliphatic hydroxyl groups excluding tert-OH is 1. The van der Waals surface area contributed by atoms with Crippen molar-refractivity contribution in [3.63, 3.8) is 0 Å². The molecule has 2 fully saturated rings. The highest BCUT2D eigenvalue weighted by Gasteiger charge is 2.43. The first-order valence-corrected chi connectivity index (χ1v) is 25.7. The number of nitrogens with zero attached hydrogens (tertiary/aromatic N) is 7. The Morgan fingerprint density at radius 2 is 1.67 bits per heavy atom. The molecule has 4 aromatic heterocycles. The number of oxazole rings is 1. The number of hydrogen-bond donors (Lipinski definition) is 4. The molecule has 3 amide bonds. The molecule has 1 aliphatic carbocycles. The fourth-order valence-corrected chi connectivity index (χ4v) is 10.9. The van der Waals surface area contributed by atoms with E-state index in [-0.39, 0.29) is 49.6 Å². The van der Waals surface area contributed by atoms with Crippen LogP contribution >= 0.6 is 22.9 Å². The van der Waals surface area contributed by atoms with Gasteiger partial charge in [0.1, 0.15) is 34.8 Å². The van der Waals surface area contributed by atoms with Gasteiger partial charge in [0, 0.05) is 76.2 Å². The molecule has 0 spiro atoms. The van der Waals surface area contributed by atoms with Crippen molar-refractivity contribution in [1.82, 2.24) is 45.6 Å². The summed E-state index contributed by atoms with van der Waals surface area (Å²) < 4.78 is 19.5. The van der Waals surface area contributed by atoms with Crippen molar-refractivity contribution >= 4 is 46.4 Å². The maximum atomic E-state index is 14.3. The summed E-state index contributed by atoms with van der Waals surface area (Å²) in [6.07, 6.45) is 3.55. The molecule has 1 saturated carbocycles. The van der Waals surface area contributed by atoms with Crippen LogP contribution in [0.4, 0.5) is 0 Å². The standard InChI is InChI=1S/C54H61ClN10O7S/c1-28-32(5)73-53-47(28)48(35-14-16-37(55)17-15-35)60-42(51-63-62-33(6)65(51)53)23-44(67)59-38-20-41(21-38)72-46-19-18-40(24-56-46)70-26-45(68)61-50(54(7,8)9)52(69)64-25-39(66)22-43(64)30(3)58-29(2)34-10-12-36(13-11-34)49-31(4)57-27-71-49/h10-19,24,27,29,38-39,41-43,50,58,66H,3,20-23,25-26H2,1-2,4-9H3,(H,59,67)(H,61,68)/t29-,38?,39+,41?,42-,43-,50+/m0/s1. The summed E-state index contributed by atoms with van der Waals surface area (Å²) in [5.74, 6) is 1.81. The van der Waals surface area contributed by atoms with Gasteiger partial charge in [-0.2, -0.15) is 0 Å². The molecule has 2 aliphatic heterocycles. The van der Waals surface area contributed by atoms with Crippen molar-refractivity contribution in [2.24, 2.45) is 10.4 Å². The van der Waals surface area contributed by atoms with Gasteiger partial charge in [0.2, 0.25) is 17.7 Å². The number of rotatable bonds is 16. The Morgan fingerprint density at radius 3 is 2.34 bits per heavy atom. The Kier molecular flexibility index (Phi) is 14.6. The number of β-amino-alcohol motifs (C(OH)–C–C–N with tert-alkyl or cyclic N) is 1. The minimum atomic E-state index is -0.925. The number of carbonyl (C=O) groups is 3. The third kappa shape index (κ3) is 11.1. The van der Waals surface area contributed by atoms with Crippen molar-refractivity contribution in [2.45, 2.75) is 123 Å². The molecule has 4 N–H and O–H groups in total. The van der Waals surface area contributed by atoms with Crippen molar-refractivity contribution in [3.05, 3.63) is 135 Å². The zero-order valence-electron chi connectivity index (χ0n) is 42.2. The van der Waals surface area contributed by atoms with E-state index in [9.17, 15) is 19.5 Å². The van der Waals surface area contributed by atoms with Crippen LogP contribution in [0, 0.1) is 33.1 Å². The van der Waals surface area contributed by atoms with Crippen LogP contribution in [0.2, 0.25) is 5.02 Å². The van der Waals surface area contributed by atoms with Gasteiger partial charge < -0.3 is 39.8 Å². The highest BCUT2D eigenvalue weighted by molar-refractivity contribution is 7.15. The second kappa shape index (κ2) is 20.9. The lowest BCUT2D eigenvalue weighted by Crippen LogP contribution is -2.57. The minimum Gasteiger partial charge on any atom is -0.482 e. The summed E-state index contributed by atoms with van der Waals surface area (Å²) in [7, 11) is 0. The number of nitrogens with one attached hydrogen (secondary N) is 3. The highest BCUT2D eigenvalue weighted by Crippen LogP contribution is 2.40. The van der Waals surface area contributed by atoms with Crippen LogP contribution in [0.5, 0.6) is 11.6 Å². The number of pyridine rings is 1. The van der Waals surface area contributed by atoms with E-state index in [1.165, 1.54) is 17.5 Å². The number of hydrogen-bond acceptors (Lipinski definition) is 14. The second-order valence-corrected chi connectivity index (χ2v) is 21.9. The predicted molar refractivity (Wildman–Crippen MR) is 278 cm³/mol. The zero-order valence-corrected chi connectivity index (χ0v) is 43.8. The lowest BCUT2D eigenvalue weighted by Gasteiger charge is -2.36.